The largest absolute Gasteiger partial charge is 0.496 e. The summed E-state index contributed by atoms with van der Waals surface area (Å²) in [6.07, 6.45) is 4.40. The van der Waals surface area contributed by atoms with Gasteiger partial charge in [-0.2, -0.15) is 5.10 Å². The van der Waals surface area contributed by atoms with E-state index in [-0.39, 0.29) is 11.7 Å². The standard InChI is InChI=1S/C19H24N4O3/c1-21-13-19(26-18(21)24)6-9-22(14-19)11-15-4-5-17(25-2)16(10-15)12-23-8-3-7-20-23/h3-5,7-8,10H,6,9,11-14H2,1-2H3. The lowest BCUT2D eigenvalue weighted by atomic mass is 10.0. The van der Waals surface area contributed by atoms with Crippen molar-refractivity contribution >= 4 is 6.09 Å². The van der Waals surface area contributed by atoms with E-state index >= 15 is 0 Å². The van der Waals surface area contributed by atoms with Crippen molar-refractivity contribution < 1.29 is 14.3 Å². The molecule has 2 aliphatic rings. The molecule has 0 radical (unpaired) electrons. The first-order valence-corrected chi connectivity index (χ1v) is 8.87. The molecule has 1 aromatic carbocycles. The molecule has 4 rings (SSSR count). The normalized spacial score (nSPS) is 23.0. The van der Waals surface area contributed by atoms with Gasteiger partial charge in [-0.25, -0.2) is 4.79 Å². The molecule has 1 amide bonds. The van der Waals surface area contributed by atoms with Crippen molar-refractivity contribution in [1.82, 2.24) is 19.6 Å². The molecule has 26 heavy (non-hydrogen) atoms. The molecule has 1 aromatic heterocycles. The minimum absolute atomic E-state index is 0.210. The first-order valence-electron chi connectivity index (χ1n) is 8.87. The molecule has 2 fully saturated rings. The molecule has 7 nitrogen and oxygen atoms in total. The van der Waals surface area contributed by atoms with E-state index in [9.17, 15) is 4.79 Å². The Hall–Kier alpha value is -2.54. The van der Waals surface area contributed by atoms with Crippen LogP contribution >= 0.6 is 0 Å². The Morgan fingerprint density at radius 1 is 1.31 bits per heavy atom. The highest BCUT2D eigenvalue weighted by molar-refractivity contribution is 5.70. The number of benzene rings is 1. The number of nitrogens with zero attached hydrogens (tertiary/aromatic N) is 4. The molecular weight excluding hydrogens is 332 g/mol. The van der Waals surface area contributed by atoms with Crippen LogP contribution in [0.5, 0.6) is 5.75 Å². The second kappa shape index (κ2) is 6.64. The summed E-state index contributed by atoms with van der Waals surface area (Å²) in [6.45, 7) is 3.90. The third kappa shape index (κ3) is 3.26. The zero-order valence-corrected chi connectivity index (χ0v) is 15.2. The van der Waals surface area contributed by atoms with Crippen LogP contribution in [0.2, 0.25) is 0 Å². The summed E-state index contributed by atoms with van der Waals surface area (Å²) in [7, 11) is 3.49. The summed E-state index contributed by atoms with van der Waals surface area (Å²) in [5, 5.41) is 4.28. The fourth-order valence-electron chi connectivity index (χ4n) is 3.95. The van der Waals surface area contributed by atoms with Gasteiger partial charge in [0, 0.05) is 51.1 Å². The van der Waals surface area contributed by atoms with Gasteiger partial charge < -0.3 is 14.4 Å². The Kier molecular flexibility index (Phi) is 4.32. The average molecular weight is 356 g/mol. The van der Waals surface area contributed by atoms with Crippen molar-refractivity contribution in [3.63, 3.8) is 0 Å². The first-order chi connectivity index (χ1) is 12.6. The summed E-state index contributed by atoms with van der Waals surface area (Å²) in [5.74, 6) is 0.869. The van der Waals surface area contributed by atoms with Crippen LogP contribution in [0, 0.1) is 0 Å². The summed E-state index contributed by atoms with van der Waals surface area (Å²) in [5.41, 5.74) is 1.99. The Balaban J connectivity index is 1.46. The maximum Gasteiger partial charge on any atom is 0.410 e. The predicted octanol–water partition coefficient (Wildman–Crippen LogP) is 1.97. The summed E-state index contributed by atoms with van der Waals surface area (Å²) < 4.78 is 13.0. The predicted molar refractivity (Wildman–Crippen MR) is 96.1 cm³/mol. The summed E-state index contributed by atoms with van der Waals surface area (Å²) >= 11 is 0. The van der Waals surface area contributed by atoms with E-state index in [1.165, 1.54) is 5.56 Å². The van der Waals surface area contributed by atoms with Gasteiger partial charge in [0.2, 0.25) is 0 Å². The van der Waals surface area contributed by atoms with Gasteiger partial charge in [0.05, 0.1) is 20.2 Å². The van der Waals surface area contributed by atoms with Crippen LogP contribution < -0.4 is 4.74 Å². The van der Waals surface area contributed by atoms with E-state index in [1.807, 2.05) is 23.0 Å². The fraction of sp³-hybridized carbons (Fsp3) is 0.474. The quantitative estimate of drug-likeness (QED) is 0.820. The van der Waals surface area contributed by atoms with Crippen LogP contribution in [-0.2, 0) is 17.8 Å². The Bertz CT molecular complexity index is 792. The van der Waals surface area contributed by atoms with E-state index in [1.54, 1.807) is 25.3 Å². The van der Waals surface area contributed by atoms with E-state index in [2.05, 4.69) is 22.1 Å². The van der Waals surface area contributed by atoms with Crippen molar-refractivity contribution in [2.75, 3.05) is 33.8 Å². The number of ether oxygens (including phenoxy) is 2. The zero-order chi connectivity index (χ0) is 18.1. The van der Waals surface area contributed by atoms with Crippen LogP contribution in [0.3, 0.4) is 0 Å². The monoisotopic (exact) mass is 356 g/mol. The lowest BCUT2D eigenvalue weighted by Crippen LogP contribution is -2.37. The SMILES string of the molecule is COc1ccc(CN2CCC3(C2)CN(C)C(=O)O3)cc1Cn1cccn1. The fourth-order valence-corrected chi connectivity index (χ4v) is 3.95. The minimum Gasteiger partial charge on any atom is -0.496 e. The van der Waals surface area contributed by atoms with Gasteiger partial charge in [0.15, 0.2) is 0 Å². The number of hydrogen-bond acceptors (Lipinski definition) is 5. The number of amides is 1. The third-order valence-electron chi connectivity index (χ3n) is 5.18. The van der Waals surface area contributed by atoms with E-state index < -0.39 is 0 Å². The molecule has 0 saturated carbocycles. The highest BCUT2D eigenvalue weighted by atomic mass is 16.6. The molecule has 1 atom stereocenters. The van der Waals surface area contributed by atoms with Gasteiger partial charge in [-0.15, -0.1) is 0 Å². The number of carbonyl (C=O) groups is 1. The smallest absolute Gasteiger partial charge is 0.410 e. The third-order valence-corrected chi connectivity index (χ3v) is 5.18. The molecule has 0 aliphatic carbocycles. The van der Waals surface area contributed by atoms with Gasteiger partial charge in [-0.1, -0.05) is 6.07 Å². The molecule has 2 saturated heterocycles. The van der Waals surface area contributed by atoms with Crippen LogP contribution in [0.15, 0.2) is 36.7 Å². The van der Waals surface area contributed by atoms with Crippen LogP contribution in [0.4, 0.5) is 4.79 Å². The summed E-state index contributed by atoms with van der Waals surface area (Å²) in [6, 6.07) is 8.21. The Labute approximate surface area is 153 Å². The maximum absolute atomic E-state index is 11.7. The second-order valence-electron chi connectivity index (χ2n) is 7.22. The summed E-state index contributed by atoms with van der Waals surface area (Å²) in [4.78, 5) is 15.7. The van der Waals surface area contributed by atoms with Crippen molar-refractivity contribution in [2.45, 2.75) is 25.1 Å². The first kappa shape index (κ1) is 16.9. The number of aromatic nitrogens is 2. The Morgan fingerprint density at radius 2 is 2.19 bits per heavy atom. The Morgan fingerprint density at radius 3 is 2.88 bits per heavy atom. The molecule has 138 valence electrons. The molecule has 3 heterocycles. The van der Waals surface area contributed by atoms with Gasteiger partial charge in [0.1, 0.15) is 11.4 Å². The highest BCUT2D eigenvalue weighted by Crippen LogP contribution is 2.32. The van der Waals surface area contributed by atoms with Crippen LogP contribution in [0.25, 0.3) is 0 Å². The molecule has 1 unspecified atom stereocenters. The molecule has 0 N–H and O–H groups in total. The lowest BCUT2D eigenvalue weighted by molar-refractivity contribution is 0.0627. The van der Waals surface area contributed by atoms with Gasteiger partial charge in [-0.05, 0) is 23.8 Å². The number of carbonyl (C=O) groups excluding carboxylic acids is 1. The van der Waals surface area contributed by atoms with Crippen molar-refractivity contribution in [2.24, 2.45) is 0 Å². The van der Waals surface area contributed by atoms with Crippen molar-refractivity contribution in [1.29, 1.82) is 0 Å². The number of rotatable bonds is 5. The molecule has 7 heteroatoms. The van der Waals surface area contributed by atoms with E-state index in [0.717, 1.165) is 37.4 Å². The van der Waals surface area contributed by atoms with Crippen LogP contribution in [-0.4, -0.2) is 65.1 Å². The maximum atomic E-state index is 11.7. The zero-order valence-electron chi connectivity index (χ0n) is 15.2. The van der Waals surface area contributed by atoms with Crippen molar-refractivity contribution in [3.05, 3.63) is 47.8 Å². The van der Waals surface area contributed by atoms with Crippen molar-refractivity contribution in [3.8, 4) is 5.75 Å². The van der Waals surface area contributed by atoms with E-state index in [4.69, 9.17) is 9.47 Å². The number of likely N-dealkylation sites (tertiary alicyclic amines) is 1. The topological polar surface area (TPSA) is 59.8 Å². The second-order valence-corrected chi connectivity index (χ2v) is 7.22. The van der Waals surface area contributed by atoms with Gasteiger partial charge in [0.25, 0.3) is 0 Å². The lowest BCUT2D eigenvalue weighted by Gasteiger charge is -2.22. The average Bonchev–Trinajstić information content (AvgIpc) is 3.31. The van der Waals surface area contributed by atoms with E-state index in [0.29, 0.717) is 13.1 Å². The number of methoxy groups -OCH3 is 1. The van der Waals surface area contributed by atoms with Gasteiger partial charge in [-0.3, -0.25) is 9.58 Å². The molecule has 1 spiro atoms. The van der Waals surface area contributed by atoms with Gasteiger partial charge >= 0.3 is 6.09 Å². The minimum atomic E-state index is -0.337. The molecule has 2 aromatic rings. The number of likely N-dealkylation sites (N-methyl/N-ethyl adjacent to an activating group) is 1. The molecular formula is C19H24N4O3. The van der Waals surface area contributed by atoms with Crippen LogP contribution in [0.1, 0.15) is 17.5 Å². The highest BCUT2D eigenvalue weighted by Gasteiger charge is 2.48. The number of hydrogen-bond donors (Lipinski definition) is 0. The molecule has 2 aliphatic heterocycles. The molecule has 0 bridgehead atoms.